The summed E-state index contributed by atoms with van der Waals surface area (Å²) in [5.74, 6) is 0.287. The van der Waals surface area contributed by atoms with Gasteiger partial charge in [-0.1, -0.05) is 58.6 Å². The molecule has 0 amide bonds. The molecular formula is C22H30N4O2. The second-order valence-electron chi connectivity index (χ2n) is 7.47. The number of aromatic nitrogens is 3. The van der Waals surface area contributed by atoms with E-state index in [1.165, 1.54) is 12.8 Å². The van der Waals surface area contributed by atoms with Gasteiger partial charge in [-0.25, -0.2) is 14.8 Å². The Morgan fingerprint density at radius 1 is 1.14 bits per heavy atom. The van der Waals surface area contributed by atoms with E-state index in [-0.39, 0.29) is 0 Å². The van der Waals surface area contributed by atoms with Crippen LogP contribution in [0.25, 0.3) is 22.2 Å². The van der Waals surface area contributed by atoms with E-state index in [2.05, 4.69) is 20.8 Å². The summed E-state index contributed by atoms with van der Waals surface area (Å²) in [5.41, 5.74) is 9.48. The Morgan fingerprint density at radius 3 is 2.54 bits per heavy atom. The van der Waals surface area contributed by atoms with Gasteiger partial charge in [0.2, 0.25) is 0 Å². The fraction of sp³-hybridized carbons (Fsp3) is 0.500. The molecule has 0 aliphatic heterocycles. The van der Waals surface area contributed by atoms with Crippen molar-refractivity contribution in [1.29, 1.82) is 0 Å². The molecule has 1 atom stereocenters. The number of hydrogen-bond donors (Lipinski definition) is 1. The molecule has 6 nitrogen and oxygen atoms in total. The van der Waals surface area contributed by atoms with Crippen LogP contribution >= 0.6 is 0 Å². The summed E-state index contributed by atoms with van der Waals surface area (Å²) in [4.78, 5) is 22.3. The molecule has 0 bridgehead atoms. The maximum Gasteiger partial charge on any atom is 0.344 e. The fourth-order valence-electron chi connectivity index (χ4n) is 3.25. The quantitative estimate of drug-likeness (QED) is 0.418. The Bertz CT molecular complexity index is 964. The van der Waals surface area contributed by atoms with Crippen molar-refractivity contribution in [2.75, 3.05) is 12.3 Å². The van der Waals surface area contributed by atoms with Crippen LogP contribution in [0.2, 0.25) is 0 Å². The van der Waals surface area contributed by atoms with Crippen molar-refractivity contribution in [3.63, 3.8) is 0 Å². The van der Waals surface area contributed by atoms with Gasteiger partial charge >= 0.3 is 5.97 Å². The first kappa shape index (κ1) is 20.1. The van der Waals surface area contributed by atoms with E-state index in [0.29, 0.717) is 41.6 Å². The number of nitrogens with zero attached hydrogens (tertiary/aromatic N) is 3. The Labute approximate surface area is 166 Å². The zero-order valence-electron chi connectivity index (χ0n) is 17.1. The molecule has 2 aromatic heterocycles. The summed E-state index contributed by atoms with van der Waals surface area (Å²) in [6.07, 6.45) is 5.39. The highest BCUT2D eigenvalue weighted by atomic mass is 16.5. The zero-order valence-corrected chi connectivity index (χ0v) is 17.1. The first-order valence-electron chi connectivity index (χ1n) is 10.3. The van der Waals surface area contributed by atoms with Crippen LogP contribution in [-0.4, -0.2) is 27.1 Å². The molecular weight excluding hydrogens is 352 g/mol. The minimum Gasteiger partial charge on any atom is -0.462 e. The normalized spacial score (nSPS) is 12.5. The molecule has 0 spiro atoms. The summed E-state index contributed by atoms with van der Waals surface area (Å²) in [5, 5.41) is 0. The Morgan fingerprint density at radius 2 is 1.86 bits per heavy atom. The number of rotatable bonds is 9. The number of aryl methyl sites for hydroxylation is 1. The van der Waals surface area contributed by atoms with Crippen molar-refractivity contribution in [2.45, 2.75) is 59.4 Å². The van der Waals surface area contributed by atoms with Crippen LogP contribution in [0, 0.1) is 5.92 Å². The highest BCUT2D eigenvalue weighted by Crippen LogP contribution is 2.29. The van der Waals surface area contributed by atoms with E-state index in [1.54, 1.807) is 0 Å². The minimum absolute atomic E-state index is 0.305. The summed E-state index contributed by atoms with van der Waals surface area (Å²) in [6.45, 7) is 7.41. The zero-order chi connectivity index (χ0) is 20.1. The van der Waals surface area contributed by atoms with Gasteiger partial charge in [-0.15, -0.1) is 0 Å². The summed E-state index contributed by atoms with van der Waals surface area (Å²) < 4.78 is 7.46. The van der Waals surface area contributed by atoms with E-state index in [9.17, 15) is 4.79 Å². The van der Waals surface area contributed by atoms with E-state index in [4.69, 9.17) is 20.4 Å². The van der Waals surface area contributed by atoms with E-state index < -0.39 is 5.97 Å². The van der Waals surface area contributed by atoms with Crippen molar-refractivity contribution in [3.8, 4) is 0 Å². The minimum atomic E-state index is -0.417. The molecule has 0 fully saturated rings. The molecule has 0 aliphatic rings. The second-order valence-corrected chi connectivity index (χ2v) is 7.47. The molecule has 3 aromatic rings. The number of carbonyl (C=O) groups is 1. The molecule has 0 aliphatic carbocycles. The first-order chi connectivity index (χ1) is 13.6. The highest BCUT2D eigenvalue weighted by Gasteiger charge is 2.25. The van der Waals surface area contributed by atoms with Gasteiger partial charge in [0.25, 0.3) is 0 Å². The molecule has 28 heavy (non-hydrogen) atoms. The predicted molar refractivity (Wildman–Crippen MR) is 113 cm³/mol. The van der Waals surface area contributed by atoms with Crippen molar-refractivity contribution in [3.05, 3.63) is 29.8 Å². The average Bonchev–Trinajstić information content (AvgIpc) is 2.98. The monoisotopic (exact) mass is 382 g/mol. The van der Waals surface area contributed by atoms with E-state index >= 15 is 0 Å². The van der Waals surface area contributed by atoms with Gasteiger partial charge in [0.05, 0.1) is 17.6 Å². The van der Waals surface area contributed by atoms with Gasteiger partial charge < -0.3 is 15.0 Å². The van der Waals surface area contributed by atoms with Crippen molar-refractivity contribution >= 4 is 34.0 Å². The third-order valence-electron chi connectivity index (χ3n) is 5.23. The Hall–Kier alpha value is -2.63. The Balaban J connectivity index is 2.04. The number of esters is 1. The smallest absolute Gasteiger partial charge is 0.344 e. The van der Waals surface area contributed by atoms with Crippen molar-refractivity contribution in [2.24, 2.45) is 5.92 Å². The number of anilines is 1. The molecule has 0 saturated heterocycles. The SMILES string of the molecule is CCCCCCn1c(N)c(C(=O)OC[C@H](C)CC)c2nc3ccccc3nc21. The van der Waals surface area contributed by atoms with Crippen LogP contribution in [0.1, 0.15) is 63.2 Å². The van der Waals surface area contributed by atoms with Gasteiger partial charge in [-0.3, -0.25) is 0 Å². The van der Waals surface area contributed by atoms with Gasteiger partial charge in [0.1, 0.15) is 16.9 Å². The number of nitrogen functional groups attached to an aromatic ring is 1. The Kier molecular flexibility index (Phi) is 6.49. The molecule has 1 aromatic carbocycles. The molecule has 0 saturated carbocycles. The van der Waals surface area contributed by atoms with Crippen LogP contribution < -0.4 is 5.73 Å². The molecule has 3 rings (SSSR count). The number of nitrogens with two attached hydrogens (primary N) is 1. The molecule has 0 radical (unpaired) electrons. The third-order valence-corrected chi connectivity index (χ3v) is 5.23. The van der Waals surface area contributed by atoms with E-state index in [1.807, 2.05) is 28.8 Å². The van der Waals surface area contributed by atoms with Crippen LogP contribution in [0.3, 0.4) is 0 Å². The molecule has 150 valence electrons. The topological polar surface area (TPSA) is 83.0 Å². The van der Waals surface area contributed by atoms with Crippen LogP contribution in [0.5, 0.6) is 0 Å². The number of carbonyl (C=O) groups excluding carboxylic acids is 1. The van der Waals surface area contributed by atoms with Gasteiger partial charge in [0.15, 0.2) is 5.65 Å². The van der Waals surface area contributed by atoms with Gasteiger partial charge in [-0.05, 0) is 24.5 Å². The van der Waals surface area contributed by atoms with Crippen molar-refractivity contribution < 1.29 is 9.53 Å². The number of para-hydroxylation sites is 2. The van der Waals surface area contributed by atoms with E-state index in [0.717, 1.165) is 30.3 Å². The largest absolute Gasteiger partial charge is 0.462 e. The number of benzene rings is 1. The van der Waals surface area contributed by atoms with Gasteiger partial charge in [0, 0.05) is 6.54 Å². The average molecular weight is 383 g/mol. The number of hydrogen-bond acceptors (Lipinski definition) is 5. The van der Waals surface area contributed by atoms with Crippen LogP contribution in [0.15, 0.2) is 24.3 Å². The maximum absolute atomic E-state index is 12.8. The lowest BCUT2D eigenvalue weighted by molar-refractivity contribution is 0.0450. The summed E-state index contributed by atoms with van der Waals surface area (Å²) >= 11 is 0. The molecule has 6 heteroatoms. The predicted octanol–water partition coefficient (Wildman–Crippen LogP) is 4.95. The number of fused-ring (bicyclic) bond motifs is 2. The highest BCUT2D eigenvalue weighted by molar-refractivity contribution is 6.08. The van der Waals surface area contributed by atoms with Gasteiger partial charge in [-0.2, -0.15) is 0 Å². The number of ether oxygens (including phenoxy) is 1. The summed E-state index contributed by atoms with van der Waals surface area (Å²) in [7, 11) is 0. The lowest BCUT2D eigenvalue weighted by Crippen LogP contribution is -2.14. The van der Waals surface area contributed by atoms with Crippen LogP contribution in [0.4, 0.5) is 5.82 Å². The van der Waals surface area contributed by atoms with Crippen LogP contribution in [-0.2, 0) is 11.3 Å². The number of unbranched alkanes of at least 4 members (excludes halogenated alkanes) is 3. The van der Waals surface area contributed by atoms with Crippen molar-refractivity contribution in [1.82, 2.24) is 14.5 Å². The maximum atomic E-state index is 12.8. The lowest BCUT2D eigenvalue weighted by atomic mass is 10.1. The standard InChI is InChI=1S/C22H30N4O2/c1-4-6-7-10-13-26-20(23)18(22(27)28-14-15(3)5-2)19-21(26)25-17-12-9-8-11-16(17)24-19/h8-9,11-12,15H,4-7,10,13-14,23H2,1-3H3/t15-/m1/s1. The fourth-order valence-corrected chi connectivity index (χ4v) is 3.25. The molecule has 0 unspecified atom stereocenters. The second kappa shape index (κ2) is 9.04. The summed E-state index contributed by atoms with van der Waals surface area (Å²) in [6, 6.07) is 7.66. The third kappa shape index (κ3) is 4.11. The molecule has 2 heterocycles. The molecule has 2 N–H and O–H groups in total. The first-order valence-corrected chi connectivity index (χ1v) is 10.3. The lowest BCUT2D eigenvalue weighted by Gasteiger charge is -2.10.